The smallest absolute Gasteiger partial charge is 0.247 e. The first-order chi connectivity index (χ1) is 11.1. The lowest BCUT2D eigenvalue weighted by Crippen LogP contribution is -2.07. The average molecular weight is 328 g/mol. The minimum absolute atomic E-state index is 0.0847. The molecule has 2 aromatic carbocycles. The van der Waals surface area contributed by atoms with Gasteiger partial charge in [-0.3, -0.25) is 4.79 Å². The monoisotopic (exact) mass is 327 g/mol. The molecule has 3 rings (SSSR count). The largest absolute Gasteiger partial charge is 0.323 e. The van der Waals surface area contributed by atoms with Crippen LogP contribution in [0.3, 0.4) is 0 Å². The number of carbonyl (C=O) groups excluding carboxylic acids is 1. The van der Waals surface area contributed by atoms with E-state index < -0.39 is 5.82 Å². The Kier molecular flexibility index (Phi) is 4.04. The maximum absolute atomic E-state index is 13.9. The van der Waals surface area contributed by atoms with Gasteiger partial charge in [0.05, 0.1) is 5.52 Å². The Balaban J connectivity index is 2.16. The molecule has 1 N–H and O–H groups in total. The van der Waals surface area contributed by atoms with Crippen LogP contribution in [0.15, 0.2) is 55.3 Å². The van der Waals surface area contributed by atoms with Crippen molar-refractivity contribution in [2.45, 2.75) is 0 Å². The molecule has 0 unspecified atom stereocenters. The number of halogens is 2. The van der Waals surface area contributed by atoms with Gasteiger partial charge in [0.15, 0.2) is 0 Å². The van der Waals surface area contributed by atoms with E-state index in [1.54, 1.807) is 24.3 Å². The molecule has 0 radical (unpaired) electrons. The molecule has 0 atom stereocenters. The Morgan fingerprint density at radius 1 is 1.30 bits per heavy atom. The maximum Gasteiger partial charge on any atom is 0.247 e. The van der Waals surface area contributed by atoms with Crippen molar-refractivity contribution >= 4 is 34.1 Å². The number of aromatic nitrogens is 2. The number of hydrogen-bond donors (Lipinski definition) is 1. The molecule has 1 heterocycles. The van der Waals surface area contributed by atoms with Gasteiger partial charge in [-0.1, -0.05) is 18.7 Å². The normalized spacial score (nSPS) is 10.5. The molecule has 1 aromatic heterocycles. The van der Waals surface area contributed by atoms with Crippen molar-refractivity contribution in [3.05, 3.63) is 66.4 Å². The van der Waals surface area contributed by atoms with Crippen molar-refractivity contribution in [2.75, 3.05) is 5.32 Å². The molecular formula is C17H11ClFN3O. The Bertz CT molecular complexity index is 927. The van der Waals surface area contributed by atoms with Crippen LogP contribution < -0.4 is 5.32 Å². The number of carbonyl (C=O) groups is 1. The molecular weight excluding hydrogens is 317 g/mol. The number of hydrogen-bond acceptors (Lipinski definition) is 3. The summed E-state index contributed by atoms with van der Waals surface area (Å²) in [5.41, 5.74) is 2.38. The highest BCUT2D eigenvalue weighted by molar-refractivity contribution is 6.28. The summed E-state index contributed by atoms with van der Waals surface area (Å²) in [6.07, 6.45) is 2.65. The molecule has 0 fully saturated rings. The van der Waals surface area contributed by atoms with E-state index in [-0.39, 0.29) is 11.2 Å². The average Bonchev–Trinajstić information content (AvgIpc) is 2.54. The van der Waals surface area contributed by atoms with Crippen LogP contribution in [-0.2, 0) is 4.79 Å². The van der Waals surface area contributed by atoms with E-state index >= 15 is 0 Å². The fourth-order valence-corrected chi connectivity index (χ4v) is 2.40. The molecule has 23 heavy (non-hydrogen) atoms. The Morgan fingerprint density at radius 2 is 2.13 bits per heavy atom. The van der Waals surface area contributed by atoms with Gasteiger partial charge in [0.25, 0.3) is 0 Å². The van der Waals surface area contributed by atoms with Gasteiger partial charge in [-0.2, -0.15) is 0 Å². The molecule has 4 nitrogen and oxygen atoms in total. The van der Waals surface area contributed by atoms with Gasteiger partial charge in [-0.05, 0) is 47.5 Å². The molecule has 0 bridgehead atoms. The fourth-order valence-electron chi connectivity index (χ4n) is 2.27. The summed E-state index contributed by atoms with van der Waals surface area (Å²) >= 11 is 5.85. The number of anilines is 1. The van der Waals surface area contributed by atoms with Crippen LogP contribution >= 0.6 is 11.6 Å². The van der Waals surface area contributed by atoms with Crippen LogP contribution in [0.1, 0.15) is 0 Å². The zero-order valence-corrected chi connectivity index (χ0v) is 12.6. The van der Waals surface area contributed by atoms with Crippen LogP contribution in [-0.4, -0.2) is 15.9 Å². The number of amides is 1. The number of nitrogens with one attached hydrogen (secondary N) is 1. The Labute approximate surface area is 136 Å². The van der Waals surface area contributed by atoms with Crippen LogP contribution in [0.4, 0.5) is 10.1 Å². The van der Waals surface area contributed by atoms with Crippen molar-refractivity contribution in [2.24, 2.45) is 0 Å². The summed E-state index contributed by atoms with van der Waals surface area (Å²) in [5, 5.41) is 3.30. The van der Waals surface area contributed by atoms with Crippen molar-refractivity contribution in [3.8, 4) is 11.1 Å². The van der Waals surface area contributed by atoms with Gasteiger partial charge in [-0.15, -0.1) is 0 Å². The van der Waals surface area contributed by atoms with E-state index in [1.807, 2.05) is 0 Å². The topological polar surface area (TPSA) is 54.9 Å². The minimum atomic E-state index is -0.404. The molecule has 114 valence electrons. The first kappa shape index (κ1) is 15.1. The van der Waals surface area contributed by atoms with Gasteiger partial charge in [-0.25, -0.2) is 14.4 Å². The summed E-state index contributed by atoms with van der Waals surface area (Å²) in [4.78, 5) is 19.5. The summed E-state index contributed by atoms with van der Waals surface area (Å²) < 4.78 is 13.9. The lowest BCUT2D eigenvalue weighted by Gasteiger charge is -2.09. The standard InChI is InChI=1S/C17H11ClFN3O/c1-2-15(23)21-13-5-3-4-10(7-13)14-8-12(19)6-11-9-20-17(18)22-16(11)14/h2-9H,1H2,(H,21,23). The summed E-state index contributed by atoms with van der Waals surface area (Å²) in [6, 6.07) is 9.74. The van der Waals surface area contributed by atoms with E-state index in [1.165, 1.54) is 24.4 Å². The summed E-state index contributed by atoms with van der Waals surface area (Å²) in [6.45, 7) is 3.41. The van der Waals surface area contributed by atoms with Crippen LogP contribution in [0.5, 0.6) is 0 Å². The van der Waals surface area contributed by atoms with Gasteiger partial charge in [0, 0.05) is 22.8 Å². The van der Waals surface area contributed by atoms with Crippen molar-refractivity contribution in [1.82, 2.24) is 9.97 Å². The third kappa shape index (κ3) is 3.19. The fraction of sp³-hybridized carbons (Fsp3) is 0. The van der Waals surface area contributed by atoms with Crippen LogP contribution in [0, 0.1) is 5.82 Å². The highest BCUT2D eigenvalue weighted by Gasteiger charge is 2.10. The minimum Gasteiger partial charge on any atom is -0.323 e. The number of rotatable bonds is 3. The molecule has 0 aliphatic heterocycles. The van der Waals surface area contributed by atoms with Crippen molar-refractivity contribution in [1.29, 1.82) is 0 Å². The van der Waals surface area contributed by atoms with Crippen molar-refractivity contribution in [3.63, 3.8) is 0 Å². The third-order valence-corrected chi connectivity index (χ3v) is 3.43. The zero-order chi connectivity index (χ0) is 16.4. The molecule has 0 aliphatic rings. The second-order valence-corrected chi connectivity index (χ2v) is 5.14. The lowest BCUT2D eigenvalue weighted by atomic mass is 10.0. The van der Waals surface area contributed by atoms with Gasteiger partial charge in [0.2, 0.25) is 11.2 Å². The van der Waals surface area contributed by atoms with E-state index in [9.17, 15) is 9.18 Å². The van der Waals surface area contributed by atoms with E-state index in [0.717, 1.165) is 0 Å². The second kappa shape index (κ2) is 6.14. The van der Waals surface area contributed by atoms with E-state index in [0.29, 0.717) is 27.7 Å². The van der Waals surface area contributed by atoms with E-state index in [4.69, 9.17) is 11.6 Å². The number of benzene rings is 2. The third-order valence-electron chi connectivity index (χ3n) is 3.24. The predicted octanol–water partition coefficient (Wildman–Crippen LogP) is 4.21. The summed E-state index contributed by atoms with van der Waals surface area (Å²) in [7, 11) is 0. The molecule has 1 amide bonds. The van der Waals surface area contributed by atoms with Crippen molar-refractivity contribution < 1.29 is 9.18 Å². The second-order valence-electron chi connectivity index (χ2n) is 4.80. The SMILES string of the molecule is C=CC(=O)Nc1cccc(-c2cc(F)cc3cnc(Cl)nc23)c1. The highest BCUT2D eigenvalue weighted by atomic mass is 35.5. The molecule has 0 saturated heterocycles. The molecule has 0 spiro atoms. The Hall–Kier alpha value is -2.79. The van der Waals surface area contributed by atoms with Gasteiger partial charge in [0.1, 0.15) is 5.82 Å². The maximum atomic E-state index is 13.9. The van der Waals surface area contributed by atoms with Gasteiger partial charge < -0.3 is 5.32 Å². The molecule has 3 aromatic rings. The predicted molar refractivity (Wildman–Crippen MR) is 88.8 cm³/mol. The molecule has 0 aliphatic carbocycles. The summed E-state index contributed by atoms with van der Waals surface area (Å²) in [5.74, 6) is -0.726. The first-order valence-electron chi connectivity index (χ1n) is 6.72. The van der Waals surface area contributed by atoms with Crippen LogP contribution in [0.25, 0.3) is 22.0 Å². The van der Waals surface area contributed by atoms with E-state index in [2.05, 4.69) is 21.9 Å². The van der Waals surface area contributed by atoms with Crippen LogP contribution in [0.2, 0.25) is 5.28 Å². The van der Waals surface area contributed by atoms with Gasteiger partial charge >= 0.3 is 0 Å². The number of nitrogens with zero attached hydrogens (tertiary/aromatic N) is 2. The molecule has 0 saturated carbocycles. The lowest BCUT2D eigenvalue weighted by molar-refractivity contribution is -0.111. The number of fused-ring (bicyclic) bond motifs is 1. The highest BCUT2D eigenvalue weighted by Crippen LogP contribution is 2.30. The quantitative estimate of drug-likeness (QED) is 0.579. The first-order valence-corrected chi connectivity index (χ1v) is 7.10. The zero-order valence-electron chi connectivity index (χ0n) is 11.9. The molecule has 6 heteroatoms. The Morgan fingerprint density at radius 3 is 2.91 bits per heavy atom.